The van der Waals surface area contributed by atoms with Crippen LogP contribution in [0.5, 0.6) is 11.5 Å². The molecule has 0 fully saturated rings. The number of rotatable bonds is 9. The summed E-state index contributed by atoms with van der Waals surface area (Å²) < 4.78 is 12.2. The lowest BCUT2D eigenvalue weighted by atomic mass is 10.1. The van der Waals surface area contributed by atoms with Crippen molar-refractivity contribution >= 4 is 23.6 Å². The average molecular weight is 504 g/mol. The lowest BCUT2D eigenvalue weighted by molar-refractivity contribution is -0.119. The number of nitrogens with zero attached hydrogens (tertiary/aromatic N) is 3. The number of carbonyl (C=O) groups is 2. The fourth-order valence-corrected chi connectivity index (χ4v) is 4.15. The van der Waals surface area contributed by atoms with Gasteiger partial charge in [-0.3, -0.25) is 25.0 Å². The van der Waals surface area contributed by atoms with Crippen molar-refractivity contribution in [2.75, 3.05) is 20.0 Å². The maximum absolute atomic E-state index is 12.4. The van der Waals surface area contributed by atoms with Gasteiger partial charge in [-0.1, -0.05) is 42.1 Å². The molecule has 0 spiro atoms. The maximum Gasteiger partial charge on any atom is 0.269 e. The van der Waals surface area contributed by atoms with Crippen LogP contribution < -0.4 is 20.3 Å². The van der Waals surface area contributed by atoms with E-state index in [1.807, 2.05) is 59.2 Å². The molecule has 9 nitrogen and oxygen atoms in total. The Balaban J connectivity index is 1.41. The van der Waals surface area contributed by atoms with E-state index in [2.05, 4.69) is 21.0 Å². The molecule has 0 aliphatic carbocycles. The van der Waals surface area contributed by atoms with Crippen LogP contribution >= 0.6 is 11.8 Å². The zero-order chi connectivity index (χ0) is 25.3. The first-order valence-electron chi connectivity index (χ1n) is 11.1. The quantitative estimate of drug-likeness (QED) is 0.266. The molecule has 0 saturated carbocycles. The minimum absolute atomic E-state index is 0.0381. The first kappa shape index (κ1) is 24.8. The minimum atomic E-state index is -0.426. The van der Waals surface area contributed by atoms with Crippen LogP contribution in [0.2, 0.25) is 0 Å². The van der Waals surface area contributed by atoms with Gasteiger partial charge in [0.25, 0.3) is 5.91 Å². The van der Waals surface area contributed by atoms with Crippen LogP contribution in [0, 0.1) is 0 Å². The molecule has 4 rings (SSSR count). The number of amides is 2. The summed E-state index contributed by atoms with van der Waals surface area (Å²) in [6.45, 7) is 0. The highest BCUT2D eigenvalue weighted by atomic mass is 32.2. The highest BCUT2D eigenvalue weighted by molar-refractivity contribution is 7.99. The second-order valence-corrected chi connectivity index (χ2v) is 8.56. The zero-order valence-corrected chi connectivity index (χ0v) is 20.6. The van der Waals surface area contributed by atoms with Crippen LogP contribution in [-0.2, 0) is 11.2 Å². The van der Waals surface area contributed by atoms with Crippen LogP contribution in [0.1, 0.15) is 21.7 Å². The van der Waals surface area contributed by atoms with Gasteiger partial charge in [0.2, 0.25) is 5.91 Å². The summed E-state index contributed by atoms with van der Waals surface area (Å²) >= 11 is 1.23. The summed E-state index contributed by atoms with van der Waals surface area (Å²) in [4.78, 5) is 24.7. The fraction of sp³-hybridized carbons (Fsp3) is 0.154. The Morgan fingerprint density at radius 1 is 0.833 bits per heavy atom. The van der Waals surface area contributed by atoms with Crippen molar-refractivity contribution in [3.8, 4) is 17.2 Å². The normalized spacial score (nSPS) is 10.5. The van der Waals surface area contributed by atoms with E-state index in [4.69, 9.17) is 9.47 Å². The second-order valence-electron chi connectivity index (χ2n) is 7.61. The Hall–Kier alpha value is -4.31. The molecule has 0 aliphatic heterocycles. The number of benzene rings is 3. The topological polar surface area (TPSA) is 107 Å². The van der Waals surface area contributed by atoms with Gasteiger partial charge in [0.1, 0.15) is 17.3 Å². The standard InChI is InChI=1S/C26H25N5O4S/c1-34-21-12-8-18(9-13-21)16-23-27-30-26(31(23)20-6-4-3-5-7-20)36-17-24(32)28-29-25(33)19-10-14-22(35-2)15-11-19/h3-15H,16-17H2,1-2H3,(H,28,32)(H,29,33). The second kappa shape index (κ2) is 11.9. The number of aromatic nitrogens is 3. The van der Waals surface area contributed by atoms with Gasteiger partial charge in [-0.2, -0.15) is 0 Å². The van der Waals surface area contributed by atoms with E-state index < -0.39 is 5.91 Å². The molecule has 184 valence electrons. The van der Waals surface area contributed by atoms with E-state index >= 15 is 0 Å². The number of nitrogens with one attached hydrogen (secondary N) is 2. The first-order chi connectivity index (χ1) is 17.6. The summed E-state index contributed by atoms with van der Waals surface area (Å²) in [6.07, 6.45) is 0.552. The monoisotopic (exact) mass is 503 g/mol. The third-order valence-corrected chi connectivity index (χ3v) is 6.17. The summed E-state index contributed by atoms with van der Waals surface area (Å²) in [5.74, 6) is 1.40. The average Bonchev–Trinajstić information content (AvgIpc) is 3.33. The molecule has 1 heterocycles. The van der Waals surface area contributed by atoms with Gasteiger partial charge < -0.3 is 9.47 Å². The van der Waals surface area contributed by atoms with Crippen LogP contribution in [-0.4, -0.2) is 46.6 Å². The fourth-order valence-electron chi connectivity index (χ4n) is 3.38. The van der Waals surface area contributed by atoms with E-state index in [9.17, 15) is 9.59 Å². The SMILES string of the molecule is COc1ccc(Cc2nnc(SCC(=O)NNC(=O)c3ccc(OC)cc3)n2-c2ccccc2)cc1. The Morgan fingerprint density at radius 2 is 1.47 bits per heavy atom. The smallest absolute Gasteiger partial charge is 0.269 e. The van der Waals surface area contributed by atoms with Gasteiger partial charge in [0, 0.05) is 17.7 Å². The number of hydrogen-bond acceptors (Lipinski definition) is 7. The molecule has 10 heteroatoms. The van der Waals surface area contributed by atoms with Crippen molar-refractivity contribution in [1.82, 2.24) is 25.6 Å². The zero-order valence-electron chi connectivity index (χ0n) is 19.8. The minimum Gasteiger partial charge on any atom is -0.497 e. The number of hydrogen-bond donors (Lipinski definition) is 2. The third-order valence-electron chi connectivity index (χ3n) is 5.24. The van der Waals surface area contributed by atoms with E-state index in [-0.39, 0.29) is 11.7 Å². The molecule has 36 heavy (non-hydrogen) atoms. The van der Waals surface area contributed by atoms with Crippen LogP contribution in [0.4, 0.5) is 0 Å². The van der Waals surface area contributed by atoms with Gasteiger partial charge in [-0.15, -0.1) is 10.2 Å². The van der Waals surface area contributed by atoms with Crippen LogP contribution in [0.25, 0.3) is 5.69 Å². The molecule has 2 amide bonds. The molecule has 0 atom stereocenters. The Bertz CT molecular complexity index is 1310. The molecule has 2 N–H and O–H groups in total. The number of hydrazine groups is 1. The summed E-state index contributed by atoms with van der Waals surface area (Å²) in [5.41, 5.74) is 7.20. The number of para-hydroxylation sites is 1. The maximum atomic E-state index is 12.4. The summed E-state index contributed by atoms with van der Waals surface area (Å²) in [6, 6.07) is 24.1. The molecule has 0 radical (unpaired) electrons. The lowest BCUT2D eigenvalue weighted by Gasteiger charge is -2.11. The van der Waals surface area contributed by atoms with E-state index in [0.717, 1.165) is 22.8 Å². The van der Waals surface area contributed by atoms with E-state index in [1.165, 1.54) is 11.8 Å². The Labute approximate surface area is 212 Å². The van der Waals surface area contributed by atoms with Gasteiger partial charge in [0.05, 0.1) is 20.0 Å². The first-order valence-corrected chi connectivity index (χ1v) is 12.0. The molecule has 0 bridgehead atoms. The largest absolute Gasteiger partial charge is 0.497 e. The summed E-state index contributed by atoms with van der Waals surface area (Å²) in [7, 11) is 3.18. The molecular formula is C26H25N5O4S. The number of carbonyl (C=O) groups excluding carboxylic acids is 2. The van der Waals surface area contributed by atoms with Gasteiger partial charge in [-0.25, -0.2) is 0 Å². The van der Waals surface area contributed by atoms with Gasteiger partial charge in [-0.05, 0) is 54.1 Å². The molecule has 0 unspecified atom stereocenters. The number of ether oxygens (including phenoxy) is 2. The number of thioether (sulfide) groups is 1. The Kier molecular flexibility index (Phi) is 8.20. The van der Waals surface area contributed by atoms with Crippen molar-refractivity contribution in [1.29, 1.82) is 0 Å². The van der Waals surface area contributed by atoms with Crippen LogP contribution in [0.3, 0.4) is 0 Å². The molecule has 3 aromatic carbocycles. The van der Waals surface area contributed by atoms with Crippen molar-refractivity contribution in [3.05, 3.63) is 95.8 Å². The highest BCUT2D eigenvalue weighted by Crippen LogP contribution is 2.24. The van der Waals surface area contributed by atoms with Crippen molar-refractivity contribution in [3.63, 3.8) is 0 Å². The molecule has 0 aliphatic rings. The van der Waals surface area contributed by atoms with Crippen molar-refractivity contribution < 1.29 is 19.1 Å². The predicted octanol–water partition coefficient (Wildman–Crippen LogP) is 3.43. The third kappa shape index (κ3) is 6.22. The molecule has 4 aromatic rings. The molecule has 0 saturated heterocycles. The molecular weight excluding hydrogens is 478 g/mol. The van der Waals surface area contributed by atoms with E-state index in [1.54, 1.807) is 38.5 Å². The Morgan fingerprint density at radius 3 is 2.11 bits per heavy atom. The van der Waals surface area contributed by atoms with Crippen LogP contribution in [0.15, 0.2) is 84.0 Å². The van der Waals surface area contributed by atoms with Gasteiger partial charge >= 0.3 is 0 Å². The van der Waals surface area contributed by atoms with E-state index in [0.29, 0.717) is 22.9 Å². The predicted molar refractivity (Wildman–Crippen MR) is 136 cm³/mol. The lowest BCUT2D eigenvalue weighted by Crippen LogP contribution is -2.42. The highest BCUT2D eigenvalue weighted by Gasteiger charge is 2.17. The van der Waals surface area contributed by atoms with Gasteiger partial charge in [0.15, 0.2) is 5.16 Å². The van der Waals surface area contributed by atoms with Crippen molar-refractivity contribution in [2.45, 2.75) is 11.6 Å². The summed E-state index contributed by atoms with van der Waals surface area (Å²) in [5, 5.41) is 9.28. The molecule has 1 aromatic heterocycles. The van der Waals surface area contributed by atoms with Crippen molar-refractivity contribution in [2.24, 2.45) is 0 Å². The number of methoxy groups -OCH3 is 2.